The van der Waals surface area contributed by atoms with Gasteiger partial charge in [0.15, 0.2) is 6.61 Å². The highest BCUT2D eigenvalue weighted by Gasteiger charge is 2.05. The topological polar surface area (TPSA) is 64.1 Å². The molecule has 138 valence electrons. The lowest BCUT2D eigenvalue weighted by Crippen LogP contribution is -2.28. The first kappa shape index (κ1) is 17.7. The van der Waals surface area contributed by atoms with E-state index in [1.807, 2.05) is 66.7 Å². The number of amides is 1. The highest BCUT2D eigenvalue weighted by Crippen LogP contribution is 2.20. The van der Waals surface area contributed by atoms with Crippen molar-refractivity contribution < 1.29 is 9.53 Å². The monoisotopic (exact) mass is 369 g/mol. The molecule has 0 saturated carbocycles. The Bertz CT molecular complexity index is 1100. The summed E-state index contributed by atoms with van der Waals surface area (Å²) in [4.78, 5) is 20.5. The molecule has 2 heterocycles. The maximum Gasteiger partial charge on any atom is 0.258 e. The molecule has 0 radical (unpaired) electrons. The van der Waals surface area contributed by atoms with Crippen LogP contribution in [-0.2, 0) is 11.3 Å². The van der Waals surface area contributed by atoms with E-state index in [2.05, 4.69) is 15.3 Å². The first-order valence-corrected chi connectivity index (χ1v) is 9.01. The van der Waals surface area contributed by atoms with Crippen LogP contribution in [0.15, 0.2) is 85.3 Å². The van der Waals surface area contributed by atoms with Crippen molar-refractivity contribution in [2.45, 2.75) is 6.54 Å². The van der Waals surface area contributed by atoms with Crippen molar-refractivity contribution in [1.82, 2.24) is 15.3 Å². The molecule has 1 N–H and O–H groups in total. The highest BCUT2D eigenvalue weighted by molar-refractivity contribution is 5.84. The lowest BCUT2D eigenvalue weighted by Gasteiger charge is -2.09. The molecule has 0 spiro atoms. The van der Waals surface area contributed by atoms with Crippen molar-refractivity contribution in [3.63, 3.8) is 0 Å². The minimum absolute atomic E-state index is 0.0271. The molecule has 2 aromatic heterocycles. The number of hydrogen-bond donors (Lipinski definition) is 1. The maximum absolute atomic E-state index is 12.1. The lowest BCUT2D eigenvalue weighted by atomic mass is 10.1. The molecule has 0 atom stereocenters. The lowest BCUT2D eigenvalue weighted by molar-refractivity contribution is -0.123. The molecule has 0 aliphatic carbocycles. The van der Waals surface area contributed by atoms with Gasteiger partial charge in [-0.15, -0.1) is 0 Å². The number of benzene rings is 2. The predicted octanol–water partition coefficient (Wildman–Crippen LogP) is 3.99. The second-order valence-electron chi connectivity index (χ2n) is 6.36. The summed E-state index contributed by atoms with van der Waals surface area (Å²) in [6, 6.07) is 21.5. The first-order valence-electron chi connectivity index (χ1n) is 9.01. The summed E-state index contributed by atoms with van der Waals surface area (Å²) < 4.78 is 5.63. The molecule has 0 aliphatic heterocycles. The van der Waals surface area contributed by atoms with E-state index in [1.165, 1.54) is 0 Å². The second kappa shape index (κ2) is 8.31. The largest absolute Gasteiger partial charge is 0.484 e. The normalized spacial score (nSPS) is 10.6. The van der Waals surface area contributed by atoms with Gasteiger partial charge in [-0.2, -0.15) is 0 Å². The van der Waals surface area contributed by atoms with Gasteiger partial charge in [0.1, 0.15) is 5.75 Å². The van der Waals surface area contributed by atoms with E-state index in [-0.39, 0.29) is 12.5 Å². The molecule has 0 bridgehead atoms. The van der Waals surface area contributed by atoms with E-state index >= 15 is 0 Å². The average molecular weight is 369 g/mol. The third-order valence-corrected chi connectivity index (χ3v) is 4.38. The SMILES string of the molecule is O=C(COc1ccc2ccccc2c1)NCc1ccnc(-c2ccncc2)c1. The van der Waals surface area contributed by atoms with Crippen molar-refractivity contribution >= 4 is 16.7 Å². The zero-order valence-electron chi connectivity index (χ0n) is 15.2. The fourth-order valence-corrected chi connectivity index (χ4v) is 2.92. The van der Waals surface area contributed by atoms with E-state index < -0.39 is 0 Å². The van der Waals surface area contributed by atoms with Crippen LogP contribution in [0.2, 0.25) is 0 Å². The van der Waals surface area contributed by atoms with E-state index in [0.717, 1.165) is 27.6 Å². The van der Waals surface area contributed by atoms with Crippen LogP contribution >= 0.6 is 0 Å². The number of nitrogens with zero attached hydrogens (tertiary/aromatic N) is 2. The Morgan fingerprint density at radius 3 is 2.57 bits per heavy atom. The van der Waals surface area contributed by atoms with E-state index in [1.54, 1.807) is 18.6 Å². The van der Waals surface area contributed by atoms with Crippen LogP contribution in [0, 0.1) is 0 Å². The van der Waals surface area contributed by atoms with Crippen LogP contribution in [0.3, 0.4) is 0 Å². The quantitative estimate of drug-likeness (QED) is 0.558. The molecule has 1 amide bonds. The summed E-state index contributed by atoms with van der Waals surface area (Å²) >= 11 is 0. The van der Waals surface area contributed by atoms with E-state index in [0.29, 0.717) is 12.3 Å². The van der Waals surface area contributed by atoms with Crippen molar-refractivity contribution in [3.8, 4) is 17.0 Å². The number of hydrogen-bond acceptors (Lipinski definition) is 4. The molecule has 0 saturated heterocycles. The van der Waals surface area contributed by atoms with Crippen molar-refractivity contribution in [2.75, 3.05) is 6.61 Å². The molecule has 0 fully saturated rings. The van der Waals surface area contributed by atoms with Gasteiger partial charge >= 0.3 is 0 Å². The van der Waals surface area contributed by atoms with Gasteiger partial charge in [0, 0.05) is 30.7 Å². The predicted molar refractivity (Wildman–Crippen MR) is 109 cm³/mol. The van der Waals surface area contributed by atoms with Gasteiger partial charge in [0.25, 0.3) is 5.91 Å². The molecular weight excluding hydrogens is 350 g/mol. The van der Waals surface area contributed by atoms with E-state index in [4.69, 9.17) is 4.74 Å². The van der Waals surface area contributed by atoms with Gasteiger partial charge in [0.05, 0.1) is 5.69 Å². The number of pyridine rings is 2. The van der Waals surface area contributed by atoms with Crippen LogP contribution in [0.5, 0.6) is 5.75 Å². The number of aromatic nitrogens is 2. The number of fused-ring (bicyclic) bond motifs is 1. The fraction of sp³-hybridized carbons (Fsp3) is 0.0870. The Hall–Kier alpha value is -3.73. The third-order valence-electron chi connectivity index (χ3n) is 4.38. The third kappa shape index (κ3) is 4.32. The average Bonchev–Trinajstić information content (AvgIpc) is 2.77. The summed E-state index contributed by atoms with van der Waals surface area (Å²) in [6.07, 6.45) is 5.20. The van der Waals surface area contributed by atoms with Crippen LogP contribution < -0.4 is 10.1 Å². The minimum Gasteiger partial charge on any atom is -0.484 e. The second-order valence-corrected chi connectivity index (χ2v) is 6.36. The Kier molecular flexibility index (Phi) is 5.24. The van der Waals surface area contributed by atoms with Crippen molar-refractivity contribution in [1.29, 1.82) is 0 Å². The van der Waals surface area contributed by atoms with Gasteiger partial charge in [-0.1, -0.05) is 30.3 Å². The summed E-state index contributed by atoms with van der Waals surface area (Å²) in [7, 11) is 0. The molecule has 4 aromatic rings. The van der Waals surface area contributed by atoms with Crippen molar-refractivity contribution in [2.24, 2.45) is 0 Å². The Labute approximate surface area is 163 Å². The molecule has 0 aliphatic rings. The Morgan fingerprint density at radius 2 is 1.71 bits per heavy atom. The van der Waals surface area contributed by atoms with Crippen molar-refractivity contribution in [3.05, 3.63) is 90.9 Å². The van der Waals surface area contributed by atoms with E-state index in [9.17, 15) is 4.79 Å². The van der Waals surface area contributed by atoms with Gasteiger partial charge in [-0.25, -0.2) is 0 Å². The number of carbonyl (C=O) groups is 1. The van der Waals surface area contributed by atoms with Gasteiger partial charge in [0.2, 0.25) is 0 Å². The molecule has 2 aromatic carbocycles. The number of carbonyl (C=O) groups excluding carboxylic acids is 1. The summed E-state index contributed by atoms with van der Waals surface area (Å²) in [5.74, 6) is 0.508. The molecule has 0 unspecified atom stereocenters. The smallest absolute Gasteiger partial charge is 0.258 e. The fourth-order valence-electron chi connectivity index (χ4n) is 2.92. The zero-order valence-corrected chi connectivity index (χ0v) is 15.2. The summed E-state index contributed by atoms with van der Waals surface area (Å²) in [5.41, 5.74) is 2.81. The van der Waals surface area contributed by atoms with Crippen LogP contribution in [0.1, 0.15) is 5.56 Å². The number of nitrogens with one attached hydrogen (secondary N) is 1. The number of ether oxygens (including phenoxy) is 1. The van der Waals surface area contributed by atoms with Gasteiger partial charge in [-0.05, 0) is 52.7 Å². The standard InChI is InChI=1S/C23H19N3O2/c27-23(16-28-21-6-5-18-3-1-2-4-20(18)14-21)26-15-17-7-12-25-22(13-17)19-8-10-24-11-9-19/h1-14H,15-16H2,(H,26,27). The van der Waals surface area contributed by atoms with Crippen LogP contribution in [0.25, 0.3) is 22.0 Å². The number of rotatable bonds is 6. The minimum atomic E-state index is -0.171. The summed E-state index contributed by atoms with van der Waals surface area (Å²) in [5, 5.41) is 5.11. The molecule has 4 rings (SSSR count). The maximum atomic E-state index is 12.1. The molecule has 5 nitrogen and oxygen atoms in total. The van der Waals surface area contributed by atoms with Crippen LogP contribution in [0.4, 0.5) is 0 Å². The van der Waals surface area contributed by atoms with Crippen LogP contribution in [-0.4, -0.2) is 22.5 Å². The molecule has 5 heteroatoms. The highest BCUT2D eigenvalue weighted by atomic mass is 16.5. The zero-order chi connectivity index (χ0) is 19.2. The van der Waals surface area contributed by atoms with Gasteiger partial charge < -0.3 is 10.1 Å². The summed E-state index contributed by atoms with van der Waals surface area (Å²) in [6.45, 7) is 0.390. The van der Waals surface area contributed by atoms with Gasteiger partial charge in [-0.3, -0.25) is 14.8 Å². The Morgan fingerprint density at radius 1 is 0.893 bits per heavy atom. The molecular formula is C23H19N3O2. The Balaban J connectivity index is 1.33. The first-order chi connectivity index (χ1) is 13.8. The molecule has 28 heavy (non-hydrogen) atoms.